The predicted octanol–water partition coefficient (Wildman–Crippen LogP) is 5.07. The van der Waals surface area contributed by atoms with Crippen LogP contribution in [0.1, 0.15) is 46.5 Å². The number of benzene rings is 1. The zero-order valence-corrected chi connectivity index (χ0v) is 13.3. The molecule has 0 saturated heterocycles. The molecule has 0 heterocycles. The molecule has 2 rings (SSSR count). The van der Waals surface area contributed by atoms with Crippen molar-refractivity contribution in [2.24, 2.45) is 0 Å². The second-order valence-electron chi connectivity index (χ2n) is 6.18. The van der Waals surface area contributed by atoms with Crippen LogP contribution in [-0.2, 0) is 4.74 Å². The van der Waals surface area contributed by atoms with Crippen LogP contribution in [0.25, 0.3) is 0 Å². The van der Waals surface area contributed by atoms with E-state index in [0.29, 0.717) is 0 Å². The molecule has 1 fully saturated rings. The first-order chi connectivity index (χ1) is 9.42. The number of amides is 1. The highest BCUT2D eigenvalue weighted by Crippen LogP contribution is 2.34. The largest absolute Gasteiger partial charge is 0.444 e. The number of anilines is 1. The van der Waals surface area contributed by atoms with Crippen molar-refractivity contribution in [2.45, 2.75) is 62.2 Å². The van der Waals surface area contributed by atoms with Crippen LogP contribution >= 0.6 is 11.8 Å². The van der Waals surface area contributed by atoms with E-state index in [0.717, 1.165) is 10.9 Å². The molecule has 0 unspecified atom stereocenters. The van der Waals surface area contributed by atoms with E-state index < -0.39 is 11.7 Å². The molecule has 0 spiro atoms. The molecule has 1 N–H and O–H groups in total. The zero-order valence-electron chi connectivity index (χ0n) is 12.4. The molecule has 1 aliphatic carbocycles. The summed E-state index contributed by atoms with van der Waals surface area (Å²) in [6, 6.07) is 7.99. The van der Waals surface area contributed by atoms with Crippen LogP contribution < -0.4 is 5.32 Å². The molecule has 20 heavy (non-hydrogen) atoms. The van der Waals surface area contributed by atoms with Crippen molar-refractivity contribution in [3.8, 4) is 0 Å². The van der Waals surface area contributed by atoms with Crippen molar-refractivity contribution in [3.63, 3.8) is 0 Å². The number of carbonyl (C=O) groups excluding carboxylic acids is 1. The number of hydrogen-bond acceptors (Lipinski definition) is 3. The van der Waals surface area contributed by atoms with E-state index in [1.54, 1.807) is 0 Å². The van der Waals surface area contributed by atoms with Gasteiger partial charge in [0.25, 0.3) is 0 Å². The summed E-state index contributed by atoms with van der Waals surface area (Å²) in [6.07, 6.45) is 4.95. The molecule has 1 aliphatic rings. The second-order valence-corrected chi connectivity index (χ2v) is 7.55. The van der Waals surface area contributed by atoms with E-state index in [9.17, 15) is 4.79 Å². The summed E-state index contributed by atoms with van der Waals surface area (Å²) >= 11 is 1.94. The summed E-state index contributed by atoms with van der Waals surface area (Å²) in [5, 5.41) is 3.51. The zero-order chi connectivity index (χ0) is 14.6. The van der Waals surface area contributed by atoms with Gasteiger partial charge in [-0.05, 0) is 57.9 Å². The van der Waals surface area contributed by atoms with Gasteiger partial charge in [-0.2, -0.15) is 0 Å². The van der Waals surface area contributed by atoms with E-state index in [-0.39, 0.29) is 0 Å². The summed E-state index contributed by atoms with van der Waals surface area (Å²) < 4.78 is 5.22. The first kappa shape index (κ1) is 15.2. The Morgan fingerprint density at radius 2 is 1.80 bits per heavy atom. The lowest BCUT2D eigenvalue weighted by Crippen LogP contribution is -2.27. The smallest absolute Gasteiger partial charge is 0.412 e. The topological polar surface area (TPSA) is 38.3 Å². The molecular formula is C16H23NO2S. The van der Waals surface area contributed by atoms with Crippen molar-refractivity contribution in [1.82, 2.24) is 0 Å². The van der Waals surface area contributed by atoms with E-state index >= 15 is 0 Å². The monoisotopic (exact) mass is 293 g/mol. The van der Waals surface area contributed by atoms with Gasteiger partial charge in [-0.3, -0.25) is 5.32 Å². The van der Waals surface area contributed by atoms with Crippen molar-refractivity contribution in [1.29, 1.82) is 0 Å². The Labute approximate surface area is 125 Å². The number of carbonyl (C=O) groups is 1. The van der Waals surface area contributed by atoms with Crippen LogP contribution in [0.5, 0.6) is 0 Å². The lowest BCUT2D eigenvalue weighted by Gasteiger charge is -2.19. The van der Waals surface area contributed by atoms with E-state index in [1.807, 2.05) is 44.7 Å². The summed E-state index contributed by atoms with van der Waals surface area (Å²) in [7, 11) is 0. The molecular weight excluding hydrogens is 270 g/mol. The average molecular weight is 293 g/mol. The standard InChI is InChI=1S/C16H23NO2S/c1-16(2,3)19-15(18)17-12-8-10-14(11-9-12)20-13-6-4-5-7-13/h8-11,13H,4-7H2,1-3H3,(H,17,18). The van der Waals surface area contributed by atoms with Crippen LogP contribution in [-0.4, -0.2) is 16.9 Å². The Balaban J connectivity index is 1.86. The van der Waals surface area contributed by atoms with Crippen LogP contribution in [0, 0.1) is 0 Å². The minimum Gasteiger partial charge on any atom is -0.444 e. The normalized spacial score (nSPS) is 16.1. The number of rotatable bonds is 3. The average Bonchev–Trinajstić information content (AvgIpc) is 2.82. The third kappa shape index (κ3) is 5.08. The van der Waals surface area contributed by atoms with Gasteiger partial charge in [0.2, 0.25) is 0 Å². The highest BCUT2D eigenvalue weighted by Gasteiger charge is 2.17. The maximum Gasteiger partial charge on any atom is 0.412 e. The summed E-state index contributed by atoms with van der Waals surface area (Å²) in [6.45, 7) is 5.57. The minimum absolute atomic E-state index is 0.409. The van der Waals surface area contributed by atoms with Gasteiger partial charge < -0.3 is 4.74 Å². The third-order valence-electron chi connectivity index (χ3n) is 3.10. The molecule has 3 nitrogen and oxygen atoms in total. The molecule has 1 aromatic carbocycles. The maximum atomic E-state index is 11.7. The van der Waals surface area contributed by atoms with Gasteiger partial charge in [0.15, 0.2) is 0 Å². The Bertz CT molecular complexity index is 445. The number of hydrogen-bond donors (Lipinski definition) is 1. The molecule has 1 amide bonds. The molecule has 4 heteroatoms. The molecule has 0 bridgehead atoms. The highest BCUT2D eigenvalue weighted by molar-refractivity contribution is 8.00. The van der Waals surface area contributed by atoms with Gasteiger partial charge in [0, 0.05) is 15.8 Å². The fourth-order valence-corrected chi connectivity index (χ4v) is 3.48. The number of thioether (sulfide) groups is 1. The van der Waals surface area contributed by atoms with Gasteiger partial charge in [0.1, 0.15) is 5.60 Å². The SMILES string of the molecule is CC(C)(C)OC(=O)Nc1ccc(SC2CCCC2)cc1. The Morgan fingerprint density at radius 1 is 1.20 bits per heavy atom. The van der Waals surface area contributed by atoms with E-state index in [2.05, 4.69) is 17.4 Å². The van der Waals surface area contributed by atoms with Crippen molar-refractivity contribution in [3.05, 3.63) is 24.3 Å². The van der Waals surface area contributed by atoms with Gasteiger partial charge in [-0.25, -0.2) is 4.79 Å². The van der Waals surface area contributed by atoms with Crippen LogP contribution in [0.15, 0.2) is 29.2 Å². The van der Waals surface area contributed by atoms with Crippen molar-refractivity contribution >= 4 is 23.5 Å². The van der Waals surface area contributed by atoms with Crippen molar-refractivity contribution in [2.75, 3.05) is 5.32 Å². The molecule has 0 radical (unpaired) electrons. The minimum atomic E-state index is -0.470. The summed E-state index contributed by atoms with van der Waals surface area (Å²) in [5.74, 6) is 0. The second kappa shape index (κ2) is 6.53. The van der Waals surface area contributed by atoms with Crippen LogP contribution in [0.4, 0.5) is 10.5 Å². The van der Waals surface area contributed by atoms with Gasteiger partial charge in [0.05, 0.1) is 0 Å². The van der Waals surface area contributed by atoms with Gasteiger partial charge in [-0.15, -0.1) is 11.8 Å². The quantitative estimate of drug-likeness (QED) is 0.845. The maximum absolute atomic E-state index is 11.7. The Kier molecular flexibility index (Phi) is 4.97. The van der Waals surface area contributed by atoms with E-state index in [1.165, 1.54) is 30.6 Å². The van der Waals surface area contributed by atoms with Gasteiger partial charge >= 0.3 is 6.09 Å². The van der Waals surface area contributed by atoms with Crippen molar-refractivity contribution < 1.29 is 9.53 Å². The molecule has 110 valence electrons. The fraction of sp³-hybridized carbons (Fsp3) is 0.562. The molecule has 1 aromatic rings. The van der Waals surface area contributed by atoms with Crippen LogP contribution in [0.3, 0.4) is 0 Å². The number of nitrogens with one attached hydrogen (secondary N) is 1. The molecule has 0 aromatic heterocycles. The Hall–Kier alpha value is -1.16. The van der Waals surface area contributed by atoms with Crippen LogP contribution in [0.2, 0.25) is 0 Å². The number of ether oxygens (including phenoxy) is 1. The van der Waals surface area contributed by atoms with E-state index in [4.69, 9.17) is 4.74 Å². The molecule has 1 saturated carbocycles. The third-order valence-corrected chi connectivity index (χ3v) is 4.45. The fourth-order valence-electron chi connectivity index (χ4n) is 2.24. The summed E-state index contributed by atoms with van der Waals surface area (Å²) in [4.78, 5) is 12.9. The first-order valence-electron chi connectivity index (χ1n) is 7.19. The predicted molar refractivity (Wildman–Crippen MR) is 84.4 cm³/mol. The highest BCUT2D eigenvalue weighted by atomic mass is 32.2. The first-order valence-corrected chi connectivity index (χ1v) is 8.07. The lowest BCUT2D eigenvalue weighted by molar-refractivity contribution is 0.0636. The summed E-state index contributed by atoms with van der Waals surface area (Å²) in [5.41, 5.74) is 0.303. The Morgan fingerprint density at radius 3 is 2.35 bits per heavy atom. The lowest BCUT2D eigenvalue weighted by atomic mass is 10.2. The molecule has 0 atom stereocenters. The van der Waals surface area contributed by atoms with Gasteiger partial charge in [-0.1, -0.05) is 12.8 Å². The molecule has 0 aliphatic heterocycles.